The first-order valence-corrected chi connectivity index (χ1v) is 9.26. The predicted octanol–water partition coefficient (Wildman–Crippen LogP) is 3.28. The van der Waals surface area contributed by atoms with Crippen LogP contribution in [0.25, 0.3) is 0 Å². The molecule has 0 aliphatic rings. The number of benzene rings is 2. The van der Waals surface area contributed by atoms with Gasteiger partial charge in [0.05, 0.1) is 0 Å². The first kappa shape index (κ1) is 21.2. The van der Waals surface area contributed by atoms with Gasteiger partial charge in [-0.2, -0.15) is 0 Å². The predicted molar refractivity (Wildman–Crippen MR) is 108 cm³/mol. The molecule has 0 saturated carbocycles. The second-order valence-corrected chi connectivity index (χ2v) is 6.57. The number of hydrogen-bond acceptors (Lipinski definition) is 4. The monoisotopic (exact) mass is 385 g/mol. The molecule has 0 radical (unpaired) electrons. The fourth-order valence-corrected chi connectivity index (χ4v) is 2.56. The summed E-state index contributed by atoms with van der Waals surface area (Å²) < 4.78 is 5.73. The van der Waals surface area contributed by atoms with Gasteiger partial charge < -0.3 is 26.2 Å². The fraction of sp³-hybridized carbons (Fsp3) is 0.333. The van der Waals surface area contributed by atoms with E-state index in [0.29, 0.717) is 37.4 Å². The van der Waals surface area contributed by atoms with Gasteiger partial charge in [-0.3, -0.25) is 0 Å². The summed E-state index contributed by atoms with van der Waals surface area (Å²) in [4.78, 5) is 23.3. The Hall–Kier alpha value is -3.06. The number of hydrogen-bond donors (Lipinski definition) is 4. The zero-order chi connectivity index (χ0) is 20.4. The molecule has 5 N–H and O–H groups in total. The molecule has 7 heteroatoms. The van der Waals surface area contributed by atoms with Crippen LogP contribution in [0.15, 0.2) is 48.5 Å². The van der Waals surface area contributed by atoms with Gasteiger partial charge in [0, 0.05) is 5.69 Å². The van der Waals surface area contributed by atoms with Gasteiger partial charge in [0.15, 0.2) is 0 Å². The standard InChI is InChI=1S/C21H27N3O4/c1-15-5-7-16(8-6-15)14-28-18-11-9-17(10-12-18)23-21(27)24-19(20(25)26)4-2-3-13-22/h5-12,19H,2-4,13-14,22H2,1H3,(H,25,26)(H2,23,24,27)/t19-/m0/s1. The number of unbranched alkanes of at least 4 members (excludes halogenated alkanes) is 1. The molecule has 2 amide bonds. The number of nitrogens with one attached hydrogen (secondary N) is 2. The minimum Gasteiger partial charge on any atom is -0.489 e. The van der Waals surface area contributed by atoms with Crippen LogP contribution in [0.5, 0.6) is 5.75 Å². The highest BCUT2D eigenvalue weighted by Crippen LogP contribution is 2.17. The van der Waals surface area contributed by atoms with Crippen LogP contribution in [0.4, 0.5) is 10.5 Å². The highest BCUT2D eigenvalue weighted by molar-refractivity contribution is 5.92. The number of nitrogens with two attached hydrogens (primary N) is 1. The van der Waals surface area contributed by atoms with Crippen molar-refractivity contribution in [3.63, 3.8) is 0 Å². The van der Waals surface area contributed by atoms with Gasteiger partial charge in [-0.25, -0.2) is 9.59 Å². The van der Waals surface area contributed by atoms with Crippen molar-refractivity contribution in [3.05, 3.63) is 59.7 Å². The summed E-state index contributed by atoms with van der Waals surface area (Å²) in [6, 6.07) is 13.5. The van der Waals surface area contributed by atoms with Crippen molar-refractivity contribution in [2.24, 2.45) is 5.73 Å². The molecule has 150 valence electrons. The lowest BCUT2D eigenvalue weighted by molar-refractivity contribution is -0.139. The largest absolute Gasteiger partial charge is 0.489 e. The van der Waals surface area contributed by atoms with Gasteiger partial charge in [-0.15, -0.1) is 0 Å². The lowest BCUT2D eigenvalue weighted by Gasteiger charge is -2.15. The zero-order valence-corrected chi connectivity index (χ0v) is 16.0. The Morgan fingerprint density at radius 3 is 2.36 bits per heavy atom. The van der Waals surface area contributed by atoms with Crippen molar-refractivity contribution in [1.29, 1.82) is 0 Å². The summed E-state index contributed by atoms with van der Waals surface area (Å²) in [7, 11) is 0. The second kappa shape index (κ2) is 10.9. The third-order valence-corrected chi connectivity index (χ3v) is 4.19. The van der Waals surface area contributed by atoms with Crippen LogP contribution in [-0.2, 0) is 11.4 Å². The molecular weight excluding hydrogens is 358 g/mol. The SMILES string of the molecule is Cc1ccc(COc2ccc(NC(=O)N[C@@H](CCCCN)C(=O)O)cc2)cc1. The molecule has 0 unspecified atom stereocenters. The molecule has 0 aliphatic carbocycles. The Morgan fingerprint density at radius 1 is 1.07 bits per heavy atom. The van der Waals surface area contributed by atoms with Crippen molar-refractivity contribution in [2.75, 3.05) is 11.9 Å². The van der Waals surface area contributed by atoms with E-state index in [1.165, 1.54) is 5.56 Å². The summed E-state index contributed by atoms with van der Waals surface area (Å²) in [6.45, 7) is 2.98. The molecule has 28 heavy (non-hydrogen) atoms. The van der Waals surface area contributed by atoms with E-state index in [4.69, 9.17) is 10.5 Å². The Morgan fingerprint density at radius 2 is 1.75 bits per heavy atom. The number of ether oxygens (including phenoxy) is 1. The molecule has 0 spiro atoms. The van der Waals surface area contributed by atoms with Crippen molar-refractivity contribution in [1.82, 2.24) is 5.32 Å². The molecule has 0 bridgehead atoms. The summed E-state index contributed by atoms with van der Waals surface area (Å²) in [5.41, 5.74) is 8.22. The van der Waals surface area contributed by atoms with Gasteiger partial charge in [-0.1, -0.05) is 29.8 Å². The summed E-state index contributed by atoms with van der Waals surface area (Å²) in [5.74, 6) is -0.385. The van der Waals surface area contributed by atoms with Crippen molar-refractivity contribution in [3.8, 4) is 5.75 Å². The van der Waals surface area contributed by atoms with E-state index in [1.54, 1.807) is 24.3 Å². The van der Waals surface area contributed by atoms with Gasteiger partial charge in [0.25, 0.3) is 0 Å². The van der Waals surface area contributed by atoms with Gasteiger partial charge in [0.1, 0.15) is 18.4 Å². The van der Waals surface area contributed by atoms with Crippen molar-refractivity contribution >= 4 is 17.7 Å². The van der Waals surface area contributed by atoms with E-state index in [1.807, 2.05) is 31.2 Å². The molecule has 0 aromatic heterocycles. The second-order valence-electron chi connectivity index (χ2n) is 6.57. The lowest BCUT2D eigenvalue weighted by Crippen LogP contribution is -2.43. The number of amides is 2. The van der Waals surface area contributed by atoms with Crippen LogP contribution < -0.4 is 21.1 Å². The Kier molecular flexibility index (Phi) is 8.30. The van der Waals surface area contributed by atoms with E-state index >= 15 is 0 Å². The maximum atomic E-state index is 12.0. The number of anilines is 1. The Balaban J connectivity index is 1.82. The Bertz CT molecular complexity index is 760. The number of urea groups is 1. The summed E-state index contributed by atoms with van der Waals surface area (Å²) in [5, 5.41) is 14.3. The van der Waals surface area contributed by atoms with E-state index in [0.717, 1.165) is 12.0 Å². The van der Waals surface area contributed by atoms with Gasteiger partial charge >= 0.3 is 12.0 Å². The van der Waals surface area contributed by atoms with Crippen LogP contribution >= 0.6 is 0 Å². The Labute approximate surface area is 164 Å². The smallest absolute Gasteiger partial charge is 0.326 e. The molecule has 7 nitrogen and oxygen atoms in total. The highest BCUT2D eigenvalue weighted by atomic mass is 16.5. The van der Waals surface area contributed by atoms with Crippen LogP contribution in [0.2, 0.25) is 0 Å². The number of carboxylic acid groups (broad SMARTS) is 1. The van der Waals surface area contributed by atoms with Crippen LogP contribution in [0.1, 0.15) is 30.4 Å². The molecule has 1 atom stereocenters. The van der Waals surface area contributed by atoms with Crippen molar-refractivity contribution in [2.45, 2.75) is 38.8 Å². The van der Waals surface area contributed by atoms with E-state index in [9.17, 15) is 14.7 Å². The number of rotatable bonds is 10. The fourth-order valence-electron chi connectivity index (χ4n) is 2.56. The molecule has 0 heterocycles. The number of aryl methyl sites for hydroxylation is 1. The highest BCUT2D eigenvalue weighted by Gasteiger charge is 2.19. The van der Waals surface area contributed by atoms with Crippen LogP contribution in [-0.4, -0.2) is 29.7 Å². The first-order chi connectivity index (χ1) is 13.5. The third kappa shape index (κ3) is 7.28. The zero-order valence-electron chi connectivity index (χ0n) is 16.0. The minimum atomic E-state index is -1.06. The summed E-state index contributed by atoms with van der Waals surface area (Å²) in [6.07, 6.45) is 1.70. The number of carbonyl (C=O) groups excluding carboxylic acids is 1. The maximum Gasteiger partial charge on any atom is 0.326 e. The van der Waals surface area contributed by atoms with E-state index in [2.05, 4.69) is 10.6 Å². The normalized spacial score (nSPS) is 11.5. The molecule has 0 saturated heterocycles. The molecule has 0 fully saturated rings. The first-order valence-electron chi connectivity index (χ1n) is 9.26. The van der Waals surface area contributed by atoms with Crippen LogP contribution in [0, 0.1) is 6.92 Å². The van der Waals surface area contributed by atoms with Crippen molar-refractivity contribution < 1.29 is 19.4 Å². The van der Waals surface area contributed by atoms with Gasteiger partial charge in [0.2, 0.25) is 0 Å². The molecular formula is C21H27N3O4. The van der Waals surface area contributed by atoms with E-state index in [-0.39, 0.29) is 0 Å². The average molecular weight is 385 g/mol. The number of aliphatic carboxylic acids is 1. The maximum absolute atomic E-state index is 12.0. The molecule has 2 aromatic carbocycles. The molecule has 0 aliphatic heterocycles. The lowest BCUT2D eigenvalue weighted by atomic mass is 10.1. The molecule has 2 aromatic rings. The quantitative estimate of drug-likeness (QED) is 0.469. The summed E-state index contributed by atoms with van der Waals surface area (Å²) >= 11 is 0. The molecule has 2 rings (SSSR count). The number of carboxylic acids is 1. The van der Waals surface area contributed by atoms with Crippen LogP contribution in [0.3, 0.4) is 0 Å². The van der Waals surface area contributed by atoms with Gasteiger partial charge in [-0.05, 0) is 62.6 Å². The van der Waals surface area contributed by atoms with E-state index < -0.39 is 18.0 Å². The average Bonchev–Trinajstić information content (AvgIpc) is 2.68. The topological polar surface area (TPSA) is 114 Å². The third-order valence-electron chi connectivity index (χ3n) is 4.19. The minimum absolute atomic E-state index is 0.339. The number of carbonyl (C=O) groups is 2.